The number of H-pyrrole nitrogens is 1. The molecule has 2 saturated carbocycles. The fraction of sp³-hybridized carbons (Fsp3) is 0.733. The van der Waals surface area contributed by atoms with E-state index in [1.54, 1.807) is 12.3 Å². The van der Waals surface area contributed by atoms with Gasteiger partial charge in [-0.15, -0.1) is 0 Å². The van der Waals surface area contributed by atoms with Gasteiger partial charge in [0.15, 0.2) is 0 Å². The van der Waals surface area contributed by atoms with Gasteiger partial charge in [-0.1, -0.05) is 13.3 Å². The molecule has 0 aromatic carbocycles. The Morgan fingerprint density at radius 2 is 2.19 bits per heavy atom. The predicted octanol–water partition coefficient (Wildman–Crippen LogP) is 1.98. The van der Waals surface area contributed by atoms with Crippen LogP contribution in [0.1, 0.15) is 44.7 Å². The summed E-state index contributed by atoms with van der Waals surface area (Å²) >= 11 is 0. The van der Waals surface area contributed by atoms with Crippen LogP contribution < -0.4 is 10.0 Å². The average molecular weight is 311 g/mol. The summed E-state index contributed by atoms with van der Waals surface area (Å²) < 4.78 is 27.8. The Labute approximate surface area is 127 Å². The second-order valence-corrected chi connectivity index (χ2v) is 8.15. The first-order valence-corrected chi connectivity index (χ1v) is 9.47. The lowest BCUT2D eigenvalue weighted by molar-refractivity contribution is 0.390. The molecule has 0 radical (unpaired) electrons. The van der Waals surface area contributed by atoms with Crippen LogP contribution in [-0.4, -0.2) is 26.0 Å². The molecule has 0 amide bonds. The lowest BCUT2D eigenvalue weighted by atomic mass is 9.96. The number of hydrogen-bond acceptors (Lipinski definition) is 3. The van der Waals surface area contributed by atoms with E-state index in [4.69, 9.17) is 0 Å². The van der Waals surface area contributed by atoms with E-state index < -0.39 is 10.0 Å². The molecular weight excluding hydrogens is 286 g/mol. The molecule has 3 unspecified atom stereocenters. The van der Waals surface area contributed by atoms with E-state index >= 15 is 0 Å². The first-order chi connectivity index (χ1) is 10.1. The lowest BCUT2D eigenvalue weighted by Crippen LogP contribution is -2.38. The summed E-state index contributed by atoms with van der Waals surface area (Å²) in [5.41, 5.74) is 0.914. The van der Waals surface area contributed by atoms with Crippen LogP contribution in [0.2, 0.25) is 0 Å². The Hall–Kier alpha value is -0.850. The Balaban J connectivity index is 1.62. The van der Waals surface area contributed by atoms with Crippen molar-refractivity contribution in [1.29, 1.82) is 0 Å². The average Bonchev–Trinajstić information content (AvgIpc) is 3.13. The van der Waals surface area contributed by atoms with Crippen molar-refractivity contribution in [3.05, 3.63) is 18.0 Å². The van der Waals surface area contributed by atoms with Crippen molar-refractivity contribution in [1.82, 2.24) is 15.0 Å². The van der Waals surface area contributed by atoms with E-state index in [2.05, 4.69) is 21.9 Å². The van der Waals surface area contributed by atoms with Gasteiger partial charge in [0.25, 0.3) is 0 Å². The quantitative estimate of drug-likeness (QED) is 0.674. The molecule has 6 heteroatoms. The molecule has 21 heavy (non-hydrogen) atoms. The molecule has 1 aromatic rings. The minimum Gasteiger partial charge on any atom is -0.363 e. The number of hydrogen-bond donors (Lipinski definition) is 3. The van der Waals surface area contributed by atoms with Gasteiger partial charge in [0.1, 0.15) is 0 Å². The smallest absolute Gasteiger partial charge is 0.242 e. The molecule has 2 fully saturated rings. The van der Waals surface area contributed by atoms with E-state index in [-0.39, 0.29) is 6.04 Å². The van der Waals surface area contributed by atoms with E-state index in [1.165, 1.54) is 19.3 Å². The van der Waals surface area contributed by atoms with E-state index in [0.29, 0.717) is 17.4 Å². The van der Waals surface area contributed by atoms with Crippen molar-refractivity contribution >= 4 is 10.0 Å². The van der Waals surface area contributed by atoms with Gasteiger partial charge in [0.05, 0.1) is 4.90 Å². The van der Waals surface area contributed by atoms with Crippen molar-refractivity contribution in [2.75, 3.05) is 6.54 Å². The van der Waals surface area contributed by atoms with Gasteiger partial charge in [0, 0.05) is 24.5 Å². The summed E-state index contributed by atoms with van der Waals surface area (Å²) in [5.74, 6) is 1.29. The van der Waals surface area contributed by atoms with Crippen LogP contribution in [0.25, 0.3) is 0 Å². The second kappa shape index (κ2) is 6.10. The largest absolute Gasteiger partial charge is 0.363 e. The third-order valence-electron chi connectivity index (χ3n) is 4.81. The highest BCUT2D eigenvalue weighted by atomic mass is 32.2. The van der Waals surface area contributed by atoms with Crippen LogP contribution >= 0.6 is 0 Å². The van der Waals surface area contributed by atoms with Crippen LogP contribution in [-0.2, 0) is 16.6 Å². The van der Waals surface area contributed by atoms with E-state index in [0.717, 1.165) is 31.0 Å². The first kappa shape index (κ1) is 15.1. The molecule has 3 atom stereocenters. The summed E-state index contributed by atoms with van der Waals surface area (Å²) in [7, 11) is -3.38. The van der Waals surface area contributed by atoms with Gasteiger partial charge in [-0.05, 0) is 50.1 Å². The number of aromatic amines is 1. The topological polar surface area (TPSA) is 74.0 Å². The highest BCUT2D eigenvalue weighted by molar-refractivity contribution is 7.89. The Morgan fingerprint density at radius 1 is 1.33 bits per heavy atom. The SMILES string of the molecule is CCCNCc1cc(S(=O)(=O)NC2CC3CCC2C3)c[nH]1. The van der Waals surface area contributed by atoms with Gasteiger partial charge in [-0.2, -0.15) is 0 Å². The summed E-state index contributed by atoms with van der Waals surface area (Å²) in [4.78, 5) is 3.41. The molecule has 118 valence electrons. The summed E-state index contributed by atoms with van der Waals surface area (Å²) in [6, 6.07) is 1.88. The number of rotatable bonds is 7. The minimum atomic E-state index is -3.38. The van der Waals surface area contributed by atoms with Crippen molar-refractivity contribution in [3.63, 3.8) is 0 Å². The molecule has 1 aromatic heterocycles. The third kappa shape index (κ3) is 3.33. The zero-order chi connectivity index (χ0) is 14.9. The van der Waals surface area contributed by atoms with Gasteiger partial charge in [0.2, 0.25) is 10.0 Å². The van der Waals surface area contributed by atoms with Gasteiger partial charge in [-0.25, -0.2) is 13.1 Å². The highest BCUT2D eigenvalue weighted by Gasteiger charge is 2.41. The maximum Gasteiger partial charge on any atom is 0.242 e. The number of nitrogens with one attached hydrogen (secondary N) is 3. The molecule has 3 rings (SSSR count). The maximum absolute atomic E-state index is 12.5. The maximum atomic E-state index is 12.5. The number of sulfonamides is 1. The minimum absolute atomic E-state index is 0.144. The first-order valence-electron chi connectivity index (χ1n) is 7.99. The third-order valence-corrected chi connectivity index (χ3v) is 6.28. The van der Waals surface area contributed by atoms with Crippen LogP contribution in [0, 0.1) is 11.8 Å². The van der Waals surface area contributed by atoms with Crippen molar-refractivity contribution in [2.45, 2.75) is 56.5 Å². The molecule has 1 heterocycles. The van der Waals surface area contributed by atoms with Crippen LogP contribution in [0.3, 0.4) is 0 Å². The van der Waals surface area contributed by atoms with E-state index in [1.807, 2.05) is 0 Å². The Kier molecular flexibility index (Phi) is 4.38. The fourth-order valence-corrected chi connectivity index (χ4v) is 5.07. The molecule has 0 saturated heterocycles. The predicted molar refractivity (Wildman–Crippen MR) is 82.3 cm³/mol. The monoisotopic (exact) mass is 311 g/mol. The number of fused-ring (bicyclic) bond motifs is 2. The van der Waals surface area contributed by atoms with Crippen LogP contribution in [0.4, 0.5) is 0 Å². The second-order valence-electron chi connectivity index (χ2n) is 6.44. The lowest BCUT2D eigenvalue weighted by Gasteiger charge is -2.22. The molecule has 0 spiro atoms. The van der Waals surface area contributed by atoms with Crippen molar-refractivity contribution in [3.8, 4) is 0 Å². The fourth-order valence-electron chi connectivity index (χ4n) is 3.73. The molecular formula is C15H25N3O2S. The molecule has 5 nitrogen and oxygen atoms in total. The normalized spacial score (nSPS) is 28.3. The standard InChI is InChI=1S/C15H25N3O2S/c1-2-5-16-9-13-8-14(10-17-13)21(19,20)18-15-7-11-3-4-12(15)6-11/h8,10-12,15-18H,2-7,9H2,1H3. The van der Waals surface area contributed by atoms with Gasteiger partial charge >= 0.3 is 0 Å². The van der Waals surface area contributed by atoms with E-state index in [9.17, 15) is 8.42 Å². The van der Waals surface area contributed by atoms with Gasteiger partial charge in [-0.3, -0.25) is 0 Å². The Morgan fingerprint density at radius 3 is 2.86 bits per heavy atom. The molecule has 2 aliphatic rings. The zero-order valence-electron chi connectivity index (χ0n) is 12.6. The zero-order valence-corrected chi connectivity index (χ0v) is 13.4. The Bertz CT molecular complexity index is 581. The van der Waals surface area contributed by atoms with Crippen LogP contribution in [0.15, 0.2) is 17.2 Å². The summed E-state index contributed by atoms with van der Waals surface area (Å²) in [5, 5.41) is 3.26. The molecule has 2 bridgehead atoms. The van der Waals surface area contributed by atoms with Gasteiger partial charge < -0.3 is 10.3 Å². The highest BCUT2D eigenvalue weighted by Crippen LogP contribution is 2.44. The summed E-state index contributed by atoms with van der Waals surface area (Å²) in [6.07, 6.45) is 7.33. The van der Waals surface area contributed by atoms with Crippen molar-refractivity contribution < 1.29 is 8.42 Å². The van der Waals surface area contributed by atoms with Crippen LogP contribution in [0.5, 0.6) is 0 Å². The molecule has 3 N–H and O–H groups in total. The summed E-state index contributed by atoms with van der Waals surface area (Å²) in [6.45, 7) is 3.72. The molecule has 0 aliphatic heterocycles. The number of aromatic nitrogens is 1. The molecule has 2 aliphatic carbocycles. The van der Waals surface area contributed by atoms with Crippen molar-refractivity contribution in [2.24, 2.45) is 11.8 Å².